The number of hydrogen-bond donors (Lipinski definition) is 0. The molecule has 0 bridgehead atoms. The van der Waals surface area contributed by atoms with Gasteiger partial charge in [-0.2, -0.15) is 0 Å². The molecular weight excluding hydrogens is 345 g/mol. The lowest BCUT2D eigenvalue weighted by atomic mass is 10.1. The number of halogens is 2. The van der Waals surface area contributed by atoms with Crippen molar-refractivity contribution in [3.8, 4) is 11.5 Å². The fraction of sp³-hybridized carbons (Fsp3) is 0.211. The van der Waals surface area contributed by atoms with Crippen LogP contribution in [0.15, 0.2) is 48.7 Å². The van der Waals surface area contributed by atoms with Crippen molar-refractivity contribution in [3.05, 3.63) is 65.1 Å². The molecule has 130 valence electrons. The van der Waals surface area contributed by atoms with Crippen molar-refractivity contribution in [3.63, 3.8) is 0 Å². The molecule has 6 heteroatoms. The highest BCUT2D eigenvalue weighted by Crippen LogP contribution is 2.36. The zero-order valence-electron chi connectivity index (χ0n) is 13.8. The Morgan fingerprint density at radius 2 is 2.00 bits per heavy atom. The minimum atomic E-state index is -0.367. The number of para-hydroxylation sites is 1. The van der Waals surface area contributed by atoms with Crippen LogP contribution in [0, 0.1) is 5.82 Å². The summed E-state index contributed by atoms with van der Waals surface area (Å²) in [6.07, 6.45) is 1.16. The Labute approximate surface area is 150 Å². The topological polar surface area (TPSA) is 40.6 Å². The molecule has 1 heterocycles. The Balaban J connectivity index is 1.94. The number of benzene rings is 2. The third-order valence-corrected chi connectivity index (χ3v) is 4.05. The van der Waals surface area contributed by atoms with Crippen molar-refractivity contribution in [2.75, 3.05) is 13.9 Å². The van der Waals surface area contributed by atoms with Gasteiger partial charge in [-0.15, -0.1) is 0 Å². The normalized spacial score (nSPS) is 12.3. The molecule has 0 N–H and O–H groups in total. The van der Waals surface area contributed by atoms with E-state index in [1.54, 1.807) is 43.5 Å². The van der Waals surface area contributed by atoms with E-state index < -0.39 is 0 Å². The highest BCUT2D eigenvalue weighted by atomic mass is 35.5. The van der Waals surface area contributed by atoms with Gasteiger partial charge in [0.05, 0.1) is 17.3 Å². The van der Waals surface area contributed by atoms with Crippen LogP contribution in [-0.4, -0.2) is 18.9 Å². The third-order valence-electron chi connectivity index (χ3n) is 3.72. The summed E-state index contributed by atoms with van der Waals surface area (Å²) in [7, 11) is 1.55. The number of fused-ring (bicyclic) bond motifs is 1. The number of hydrogen-bond acceptors (Lipinski definition) is 4. The van der Waals surface area contributed by atoms with Crippen LogP contribution in [-0.2, 0) is 9.47 Å². The lowest BCUT2D eigenvalue weighted by molar-refractivity contribution is -0.0670. The molecule has 0 aliphatic carbocycles. The predicted octanol–water partition coefficient (Wildman–Crippen LogP) is 5.50. The first-order valence-corrected chi connectivity index (χ1v) is 8.09. The van der Waals surface area contributed by atoms with Crippen molar-refractivity contribution < 1.29 is 18.6 Å². The van der Waals surface area contributed by atoms with Crippen LogP contribution in [0.5, 0.6) is 11.5 Å². The molecule has 0 saturated heterocycles. The SMILES string of the molecule is COCOC(C)c1c(Cl)cccc1Oc1cnc2c(F)cccc2c1. The van der Waals surface area contributed by atoms with Crippen LogP contribution < -0.4 is 4.74 Å². The van der Waals surface area contributed by atoms with Crippen molar-refractivity contribution in [2.45, 2.75) is 13.0 Å². The van der Waals surface area contributed by atoms with Crippen molar-refractivity contribution in [1.29, 1.82) is 0 Å². The fourth-order valence-corrected chi connectivity index (χ4v) is 2.86. The summed E-state index contributed by atoms with van der Waals surface area (Å²) in [4.78, 5) is 4.14. The molecule has 4 nitrogen and oxygen atoms in total. The maximum absolute atomic E-state index is 13.7. The van der Waals surface area contributed by atoms with Crippen LogP contribution in [0.25, 0.3) is 10.9 Å². The highest BCUT2D eigenvalue weighted by Gasteiger charge is 2.17. The van der Waals surface area contributed by atoms with Crippen LogP contribution in [0.3, 0.4) is 0 Å². The van der Waals surface area contributed by atoms with Gasteiger partial charge in [-0.05, 0) is 31.2 Å². The number of aromatic nitrogens is 1. The Morgan fingerprint density at radius 3 is 2.80 bits per heavy atom. The van der Waals surface area contributed by atoms with Gasteiger partial charge >= 0.3 is 0 Å². The number of methoxy groups -OCH3 is 1. The summed E-state index contributed by atoms with van der Waals surface area (Å²) in [5.41, 5.74) is 1.01. The standard InChI is InChI=1S/C19H17ClFNO3/c1-12(24-11-23-2)18-15(20)6-4-8-17(18)25-14-9-13-5-3-7-16(21)19(13)22-10-14/h3-10,12H,11H2,1-2H3. The second-order valence-electron chi connectivity index (χ2n) is 5.45. The van der Waals surface area contributed by atoms with E-state index in [1.807, 2.05) is 6.92 Å². The first kappa shape index (κ1) is 17.6. The van der Waals surface area contributed by atoms with E-state index in [2.05, 4.69) is 4.98 Å². The Bertz CT molecular complexity index is 888. The lowest BCUT2D eigenvalue weighted by Crippen LogP contribution is -2.05. The van der Waals surface area contributed by atoms with E-state index in [4.69, 9.17) is 25.8 Å². The smallest absolute Gasteiger partial charge is 0.149 e. The molecule has 1 unspecified atom stereocenters. The van der Waals surface area contributed by atoms with Gasteiger partial charge in [-0.25, -0.2) is 9.37 Å². The summed E-state index contributed by atoms with van der Waals surface area (Å²) >= 11 is 6.32. The first-order chi connectivity index (χ1) is 12.1. The molecule has 0 aliphatic heterocycles. The van der Waals surface area contributed by atoms with Gasteiger partial charge in [0.25, 0.3) is 0 Å². The molecule has 1 atom stereocenters. The predicted molar refractivity (Wildman–Crippen MR) is 94.6 cm³/mol. The van der Waals surface area contributed by atoms with E-state index in [0.717, 1.165) is 0 Å². The molecule has 1 aromatic heterocycles. The van der Waals surface area contributed by atoms with Gasteiger partial charge in [0.15, 0.2) is 0 Å². The average molecular weight is 362 g/mol. The van der Waals surface area contributed by atoms with Crippen LogP contribution in [0.2, 0.25) is 5.02 Å². The largest absolute Gasteiger partial charge is 0.455 e. The summed E-state index contributed by atoms with van der Waals surface area (Å²) < 4.78 is 30.2. The molecule has 2 aromatic carbocycles. The minimum Gasteiger partial charge on any atom is -0.455 e. The Morgan fingerprint density at radius 1 is 1.20 bits per heavy atom. The molecule has 3 aromatic rings. The maximum atomic E-state index is 13.7. The molecule has 0 amide bonds. The number of rotatable bonds is 6. The van der Waals surface area contributed by atoms with Gasteiger partial charge in [0, 0.05) is 18.1 Å². The summed E-state index contributed by atoms with van der Waals surface area (Å²) in [6, 6.07) is 11.9. The molecule has 0 radical (unpaired) electrons. The van der Waals surface area contributed by atoms with Gasteiger partial charge < -0.3 is 14.2 Å². The second kappa shape index (κ2) is 7.78. The van der Waals surface area contributed by atoms with Crippen molar-refractivity contribution in [2.24, 2.45) is 0 Å². The van der Waals surface area contributed by atoms with Crippen molar-refractivity contribution >= 4 is 22.5 Å². The summed E-state index contributed by atoms with van der Waals surface area (Å²) in [5, 5.41) is 1.19. The highest BCUT2D eigenvalue weighted by molar-refractivity contribution is 6.31. The van der Waals surface area contributed by atoms with E-state index >= 15 is 0 Å². The van der Waals surface area contributed by atoms with Crippen LogP contribution in [0.1, 0.15) is 18.6 Å². The van der Waals surface area contributed by atoms with E-state index in [-0.39, 0.29) is 18.7 Å². The second-order valence-corrected chi connectivity index (χ2v) is 5.86. The quantitative estimate of drug-likeness (QED) is 0.543. The maximum Gasteiger partial charge on any atom is 0.149 e. The lowest BCUT2D eigenvalue weighted by Gasteiger charge is -2.18. The van der Waals surface area contributed by atoms with E-state index in [1.165, 1.54) is 12.3 Å². The zero-order valence-corrected chi connectivity index (χ0v) is 14.6. The number of pyridine rings is 1. The monoisotopic (exact) mass is 361 g/mol. The molecule has 0 aliphatic rings. The van der Waals surface area contributed by atoms with Gasteiger partial charge in [-0.1, -0.05) is 29.8 Å². The molecule has 0 spiro atoms. The average Bonchev–Trinajstić information content (AvgIpc) is 2.60. The molecule has 3 rings (SSSR count). The fourth-order valence-electron chi connectivity index (χ4n) is 2.54. The molecule has 0 saturated carbocycles. The Kier molecular flexibility index (Phi) is 5.48. The molecule has 0 fully saturated rings. The molecular formula is C19H17ClFNO3. The number of ether oxygens (including phenoxy) is 3. The number of nitrogens with zero attached hydrogens (tertiary/aromatic N) is 1. The Hall–Kier alpha value is -2.21. The van der Waals surface area contributed by atoms with E-state index in [9.17, 15) is 4.39 Å². The summed E-state index contributed by atoms with van der Waals surface area (Å²) in [5.74, 6) is 0.670. The van der Waals surface area contributed by atoms with Gasteiger partial charge in [0.1, 0.15) is 29.6 Å². The minimum absolute atomic E-state index is 0.142. The third kappa shape index (κ3) is 3.90. The van der Waals surface area contributed by atoms with E-state index in [0.29, 0.717) is 33.0 Å². The summed E-state index contributed by atoms with van der Waals surface area (Å²) in [6.45, 7) is 2.00. The van der Waals surface area contributed by atoms with Gasteiger partial charge in [-0.3, -0.25) is 0 Å². The van der Waals surface area contributed by atoms with Gasteiger partial charge in [0.2, 0.25) is 0 Å². The van der Waals surface area contributed by atoms with Crippen LogP contribution >= 0.6 is 11.6 Å². The zero-order chi connectivity index (χ0) is 17.8. The van der Waals surface area contributed by atoms with Crippen LogP contribution in [0.4, 0.5) is 4.39 Å². The molecule has 25 heavy (non-hydrogen) atoms. The first-order valence-electron chi connectivity index (χ1n) is 7.71. The van der Waals surface area contributed by atoms with Crippen molar-refractivity contribution in [1.82, 2.24) is 4.98 Å².